The zero-order valence-corrected chi connectivity index (χ0v) is 9.90. The zero-order valence-electron chi connectivity index (χ0n) is 7.16. The third-order valence-electron chi connectivity index (χ3n) is 0.167. The van der Waals surface area contributed by atoms with Gasteiger partial charge in [-0.15, -0.1) is 0 Å². The first-order chi connectivity index (χ1) is 5.91. The van der Waals surface area contributed by atoms with E-state index in [0.29, 0.717) is 13.1 Å². The number of rotatable bonds is 1. The van der Waals surface area contributed by atoms with E-state index in [2.05, 4.69) is 0 Å². The molecule has 13 heteroatoms. The number of hydrogen-bond donors (Lipinski definition) is 6. The Labute approximate surface area is 97.7 Å². The first-order valence-corrected chi connectivity index (χ1v) is 5.51. The fourth-order valence-electron chi connectivity index (χ4n) is 0. The maximum Gasteiger partial charge on any atom is 0.394 e. The normalized spacial score (nSPS) is 9.73. The van der Waals surface area contributed by atoms with Crippen LogP contribution in [0.5, 0.6) is 0 Å². The van der Waals surface area contributed by atoms with Gasteiger partial charge in [-0.1, -0.05) is 0 Å². The van der Waals surface area contributed by atoms with Gasteiger partial charge in [0, 0.05) is 30.2 Å². The second-order valence-electron chi connectivity index (χ2n) is 1.47. The minimum Gasteiger partial charge on any atom is -0.329 e. The molecule has 0 aliphatic carbocycles. The molecule has 0 atom stereocenters. The third kappa shape index (κ3) is 1510. The van der Waals surface area contributed by atoms with E-state index in [0.717, 1.165) is 0 Å². The molecule has 98 valence electrons. The maximum atomic E-state index is 8.74. The Balaban J connectivity index is -0.0000000590. The Hall–Kier alpha value is 0.179. The molecular weight excluding hydrogens is 300 g/mol. The SMILES string of the molecule is NCCN.O=S(=O)(O)O.O=S(=O)(O)O.[Fe]. The minimum absolute atomic E-state index is 0. The quantitative estimate of drug-likeness (QED) is 0.224. The fourth-order valence-corrected chi connectivity index (χ4v) is 0. The van der Waals surface area contributed by atoms with Gasteiger partial charge >= 0.3 is 20.8 Å². The Morgan fingerprint density at radius 3 is 0.800 bits per heavy atom. The molecule has 0 spiro atoms. The molecule has 0 aromatic heterocycles. The average molecular weight is 312 g/mol. The molecule has 0 amide bonds. The zero-order chi connectivity index (χ0) is 12.4. The Morgan fingerprint density at radius 2 is 0.800 bits per heavy atom. The Bertz CT molecular complexity index is 249. The molecule has 8 N–H and O–H groups in total. The molecule has 15 heavy (non-hydrogen) atoms. The van der Waals surface area contributed by atoms with Gasteiger partial charge in [0.15, 0.2) is 0 Å². The van der Waals surface area contributed by atoms with Crippen LogP contribution in [-0.2, 0) is 37.9 Å². The summed E-state index contributed by atoms with van der Waals surface area (Å²) in [4.78, 5) is 0. The van der Waals surface area contributed by atoms with E-state index in [1.807, 2.05) is 0 Å². The molecule has 0 aliphatic rings. The number of nitrogens with two attached hydrogens (primary N) is 2. The van der Waals surface area contributed by atoms with Gasteiger partial charge in [0.2, 0.25) is 0 Å². The Kier molecular flexibility index (Phi) is 19.9. The van der Waals surface area contributed by atoms with E-state index in [1.54, 1.807) is 0 Å². The molecule has 0 radical (unpaired) electrons. The Morgan fingerprint density at radius 1 is 0.733 bits per heavy atom. The first kappa shape index (κ1) is 24.4. The summed E-state index contributed by atoms with van der Waals surface area (Å²) in [6, 6.07) is 0. The van der Waals surface area contributed by atoms with Crippen molar-refractivity contribution < 1.29 is 52.1 Å². The van der Waals surface area contributed by atoms with E-state index in [4.69, 9.17) is 46.5 Å². The summed E-state index contributed by atoms with van der Waals surface area (Å²) in [6.45, 7) is 1.19. The largest absolute Gasteiger partial charge is 0.394 e. The molecule has 0 aliphatic heterocycles. The monoisotopic (exact) mass is 312 g/mol. The maximum absolute atomic E-state index is 8.74. The fraction of sp³-hybridized carbons (Fsp3) is 1.00. The van der Waals surface area contributed by atoms with E-state index < -0.39 is 20.8 Å². The van der Waals surface area contributed by atoms with Crippen LogP contribution in [0.2, 0.25) is 0 Å². The molecule has 0 aromatic carbocycles. The van der Waals surface area contributed by atoms with E-state index in [1.165, 1.54) is 0 Å². The van der Waals surface area contributed by atoms with Gasteiger partial charge in [0.25, 0.3) is 0 Å². The molecule has 0 rings (SSSR count). The van der Waals surface area contributed by atoms with Crippen molar-refractivity contribution in [2.75, 3.05) is 13.1 Å². The first-order valence-electron chi connectivity index (χ1n) is 2.71. The summed E-state index contributed by atoms with van der Waals surface area (Å²) < 4.78 is 63.2. The van der Waals surface area contributed by atoms with Crippen molar-refractivity contribution in [1.29, 1.82) is 0 Å². The summed E-state index contributed by atoms with van der Waals surface area (Å²) >= 11 is 0. The summed E-state index contributed by atoms with van der Waals surface area (Å²) in [7, 11) is -9.33. The van der Waals surface area contributed by atoms with Crippen LogP contribution in [0, 0.1) is 0 Å². The predicted octanol–water partition coefficient (Wildman–Crippen LogP) is -2.40. The van der Waals surface area contributed by atoms with Crippen LogP contribution in [0.15, 0.2) is 0 Å². The van der Waals surface area contributed by atoms with Crippen molar-refractivity contribution in [3.05, 3.63) is 0 Å². The van der Waals surface area contributed by atoms with E-state index >= 15 is 0 Å². The molecule has 10 nitrogen and oxygen atoms in total. The second-order valence-corrected chi connectivity index (χ2v) is 3.26. The molecule has 0 aromatic rings. The number of hydrogen-bond acceptors (Lipinski definition) is 6. The van der Waals surface area contributed by atoms with Crippen molar-refractivity contribution in [2.45, 2.75) is 0 Å². The van der Waals surface area contributed by atoms with Crippen LogP contribution in [0.3, 0.4) is 0 Å². The van der Waals surface area contributed by atoms with Gasteiger partial charge < -0.3 is 11.5 Å². The molecule has 0 saturated heterocycles. The van der Waals surface area contributed by atoms with Gasteiger partial charge in [0.1, 0.15) is 0 Å². The van der Waals surface area contributed by atoms with Crippen LogP contribution in [-0.4, -0.2) is 48.1 Å². The van der Waals surface area contributed by atoms with Crippen molar-refractivity contribution in [3.63, 3.8) is 0 Å². The van der Waals surface area contributed by atoms with Crippen LogP contribution in [0.1, 0.15) is 0 Å². The van der Waals surface area contributed by atoms with Crippen LogP contribution >= 0.6 is 0 Å². The van der Waals surface area contributed by atoms with E-state index in [9.17, 15) is 0 Å². The molecular formula is C2H12FeN2O8S2. The van der Waals surface area contributed by atoms with Gasteiger partial charge in [-0.05, 0) is 0 Å². The van der Waals surface area contributed by atoms with Gasteiger partial charge in [0.05, 0.1) is 0 Å². The van der Waals surface area contributed by atoms with Gasteiger partial charge in [-0.25, -0.2) is 0 Å². The second kappa shape index (κ2) is 12.3. The molecule has 0 bridgehead atoms. The smallest absolute Gasteiger partial charge is 0.329 e. The predicted molar refractivity (Wildman–Crippen MR) is 46.5 cm³/mol. The van der Waals surface area contributed by atoms with Gasteiger partial charge in [-0.2, -0.15) is 16.8 Å². The molecule has 0 fully saturated rings. The van der Waals surface area contributed by atoms with Crippen LogP contribution in [0.25, 0.3) is 0 Å². The van der Waals surface area contributed by atoms with Gasteiger partial charge in [-0.3, -0.25) is 18.2 Å². The standard InChI is InChI=1S/C2H8N2.Fe.2H2O4S/c3-1-2-4;;2*1-5(2,3)4/h1-4H2;;2*(H2,1,2,3,4). The topological polar surface area (TPSA) is 201 Å². The summed E-state index contributed by atoms with van der Waals surface area (Å²) in [6.07, 6.45) is 0. The van der Waals surface area contributed by atoms with Crippen molar-refractivity contribution in [3.8, 4) is 0 Å². The average Bonchev–Trinajstić information content (AvgIpc) is 1.79. The summed E-state index contributed by atoms with van der Waals surface area (Å²) in [5.41, 5.74) is 9.81. The summed E-state index contributed by atoms with van der Waals surface area (Å²) in [5.74, 6) is 0. The molecule has 0 heterocycles. The van der Waals surface area contributed by atoms with E-state index in [-0.39, 0.29) is 17.1 Å². The van der Waals surface area contributed by atoms with Crippen LogP contribution < -0.4 is 11.5 Å². The third-order valence-corrected chi connectivity index (χ3v) is 0.167. The molecule has 0 saturated carbocycles. The summed E-state index contributed by atoms with van der Waals surface area (Å²) in [5, 5.41) is 0. The minimum atomic E-state index is -4.67. The van der Waals surface area contributed by atoms with Crippen molar-refractivity contribution in [1.82, 2.24) is 0 Å². The van der Waals surface area contributed by atoms with Crippen molar-refractivity contribution >= 4 is 20.8 Å². The molecule has 0 unspecified atom stereocenters. The van der Waals surface area contributed by atoms with Crippen molar-refractivity contribution in [2.24, 2.45) is 11.5 Å². The van der Waals surface area contributed by atoms with Crippen LogP contribution in [0.4, 0.5) is 0 Å².